The first-order valence-electron chi connectivity index (χ1n) is 7.31. The van der Waals surface area contributed by atoms with Crippen molar-refractivity contribution < 1.29 is 15.0 Å². The van der Waals surface area contributed by atoms with Crippen LogP contribution in [0.3, 0.4) is 0 Å². The molecule has 1 aromatic carbocycles. The van der Waals surface area contributed by atoms with Gasteiger partial charge in [0.1, 0.15) is 11.3 Å². The third-order valence-corrected chi connectivity index (χ3v) is 4.34. The Bertz CT molecular complexity index is 699. The van der Waals surface area contributed by atoms with Crippen molar-refractivity contribution >= 4 is 17.0 Å². The van der Waals surface area contributed by atoms with Crippen LogP contribution in [0.4, 0.5) is 0 Å². The predicted octanol–water partition coefficient (Wildman–Crippen LogP) is 2.63. The van der Waals surface area contributed by atoms with E-state index >= 15 is 0 Å². The number of benzene rings is 1. The number of aromatic carboxylic acids is 1. The Morgan fingerprint density at radius 3 is 2.67 bits per heavy atom. The molecule has 0 radical (unpaired) electrons. The zero-order valence-electron chi connectivity index (χ0n) is 12.3. The maximum Gasteiger partial charge on any atom is 0.337 e. The molecule has 1 aromatic heterocycles. The summed E-state index contributed by atoms with van der Waals surface area (Å²) in [6, 6.07) is 5.26. The molecule has 5 heteroatoms. The second-order valence-electron chi connectivity index (χ2n) is 6.35. The molecule has 3 rings (SSSR count). The minimum atomic E-state index is -0.955. The number of aliphatic hydroxyl groups is 1. The largest absolute Gasteiger partial charge is 0.478 e. The summed E-state index contributed by atoms with van der Waals surface area (Å²) in [5.74, 6) is 0.135. The zero-order chi connectivity index (χ0) is 15.2. The van der Waals surface area contributed by atoms with Crippen LogP contribution in [0, 0.1) is 5.41 Å². The Kier molecular flexibility index (Phi) is 3.24. The monoisotopic (exact) mass is 288 g/mol. The van der Waals surface area contributed by atoms with Crippen LogP contribution in [-0.2, 0) is 6.54 Å². The van der Waals surface area contributed by atoms with Crippen molar-refractivity contribution in [1.29, 1.82) is 0 Å². The molecule has 0 aliphatic heterocycles. The highest BCUT2D eigenvalue weighted by atomic mass is 16.4. The van der Waals surface area contributed by atoms with Crippen LogP contribution in [-0.4, -0.2) is 32.3 Å². The topological polar surface area (TPSA) is 75.3 Å². The second kappa shape index (κ2) is 4.84. The lowest BCUT2D eigenvalue weighted by molar-refractivity contribution is 0.0699. The van der Waals surface area contributed by atoms with E-state index in [2.05, 4.69) is 23.4 Å². The summed E-state index contributed by atoms with van der Waals surface area (Å²) in [5, 5.41) is 18.9. The lowest BCUT2D eigenvalue weighted by Gasteiger charge is -2.17. The van der Waals surface area contributed by atoms with E-state index in [1.165, 1.54) is 0 Å². The molecule has 0 bridgehead atoms. The van der Waals surface area contributed by atoms with Crippen LogP contribution < -0.4 is 0 Å². The third-order valence-electron chi connectivity index (χ3n) is 4.34. The fraction of sp³-hybridized carbons (Fsp3) is 0.500. The number of nitrogens with zero attached hydrogens (tertiary/aromatic N) is 2. The molecule has 0 saturated heterocycles. The SMILES string of the molecule is CC(C)c1nc2c(C(=O)O)cccc2n1CC1(CO)CC1. The van der Waals surface area contributed by atoms with Gasteiger partial charge in [-0.05, 0) is 25.0 Å². The maximum atomic E-state index is 11.4. The summed E-state index contributed by atoms with van der Waals surface area (Å²) in [5.41, 5.74) is 1.58. The molecular formula is C16H20N2O3. The van der Waals surface area contributed by atoms with E-state index in [-0.39, 0.29) is 23.5 Å². The van der Waals surface area contributed by atoms with Crippen LogP contribution in [0.15, 0.2) is 18.2 Å². The molecule has 0 spiro atoms. The van der Waals surface area contributed by atoms with E-state index in [1.807, 2.05) is 6.07 Å². The van der Waals surface area contributed by atoms with Gasteiger partial charge < -0.3 is 14.8 Å². The van der Waals surface area contributed by atoms with Crippen molar-refractivity contribution in [3.8, 4) is 0 Å². The second-order valence-corrected chi connectivity index (χ2v) is 6.35. The summed E-state index contributed by atoms with van der Waals surface area (Å²) in [6.45, 7) is 4.98. The van der Waals surface area contributed by atoms with Gasteiger partial charge in [0.15, 0.2) is 0 Å². The number of aliphatic hydroxyl groups excluding tert-OH is 1. The van der Waals surface area contributed by atoms with Crippen molar-refractivity contribution in [2.24, 2.45) is 5.41 Å². The highest BCUT2D eigenvalue weighted by Gasteiger charge is 2.43. The van der Waals surface area contributed by atoms with Gasteiger partial charge in [-0.3, -0.25) is 0 Å². The number of hydrogen-bond donors (Lipinski definition) is 2. The Morgan fingerprint density at radius 1 is 1.43 bits per heavy atom. The summed E-state index contributed by atoms with van der Waals surface area (Å²) >= 11 is 0. The number of imidazole rings is 1. The number of para-hydroxylation sites is 1. The number of hydrogen-bond acceptors (Lipinski definition) is 3. The van der Waals surface area contributed by atoms with Gasteiger partial charge >= 0.3 is 5.97 Å². The quantitative estimate of drug-likeness (QED) is 0.887. The predicted molar refractivity (Wildman–Crippen MR) is 79.5 cm³/mol. The van der Waals surface area contributed by atoms with Gasteiger partial charge in [-0.15, -0.1) is 0 Å². The fourth-order valence-corrected chi connectivity index (χ4v) is 2.82. The lowest BCUT2D eigenvalue weighted by Crippen LogP contribution is -2.18. The van der Waals surface area contributed by atoms with Gasteiger partial charge in [-0.25, -0.2) is 9.78 Å². The standard InChI is InChI=1S/C16H20N2O3/c1-10(2)14-17-13-11(15(20)21)4-3-5-12(13)18(14)8-16(9-19)6-7-16/h3-5,10,19H,6-9H2,1-2H3,(H,20,21). The lowest BCUT2D eigenvalue weighted by atomic mass is 10.1. The van der Waals surface area contributed by atoms with E-state index < -0.39 is 5.97 Å². The van der Waals surface area contributed by atoms with Crippen molar-refractivity contribution in [3.05, 3.63) is 29.6 Å². The third kappa shape index (κ3) is 2.31. The maximum absolute atomic E-state index is 11.4. The molecule has 0 atom stereocenters. The van der Waals surface area contributed by atoms with Crippen LogP contribution in [0.2, 0.25) is 0 Å². The smallest absolute Gasteiger partial charge is 0.337 e. The Hall–Kier alpha value is -1.88. The van der Waals surface area contributed by atoms with E-state index in [0.717, 1.165) is 24.2 Å². The van der Waals surface area contributed by atoms with Crippen molar-refractivity contribution in [1.82, 2.24) is 9.55 Å². The Labute approximate surface area is 123 Å². The van der Waals surface area contributed by atoms with Gasteiger partial charge in [-0.2, -0.15) is 0 Å². The van der Waals surface area contributed by atoms with E-state index in [1.54, 1.807) is 12.1 Å². The van der Waals surface area contributed by atoms with Gasteiger partial charge in [0.25, 0.3) is 0 Å². The van der Waals surface area contributed by atoms with Gasteiger partial charge in [0, 0.05) is 17.9 Å². The number of fused-ring (bicyclic) bond motifs is 1. The molecule has 21 heavy (non-hydrogen) atoms. The van der Waals surface area contributed by atoms with Crippen molar-refractivity contribution in [2.45, 2.75) is 39.2 Å². The molecule has 1 fully saturated rings. The molecule has 1 saturated carbocycles. The highest BCUT2D eigenvalue weighted by Crippen LogP contribution is 2.47. The summed E-state index contributed by atoms with van der Waals surface area (Å²) in [4.78, 5) is 15.9. The zero-order valence-corrected chi connectivity index (χ0v) is 12.3. The number of rotatable bonds is 5. The fourth-order valence-electron chi connectivity index (χ4n) is 2.82. The summed E-state index contributed by atoms with van der Waals surface area (Å²) < 4.78 is 2.09. The number of carboxylic acid groups (broad SMARTS) is 1. The molecule has 1 aliphatic carbocycles. The first-order chi connectivity index (χ1) is 9.97. The molecule has 2 N–H and O–H groups in total. The van der Waals surface area contributed by atoms with E-state index in [9.17, 15) is 15.0 Å². The molecule has 112 valence electrons. The normalized spacial score (nSPS) is 16.6. The molecule has 1 aliphatic rings. The molecule has 0 amide bonds. The van der Waals surface area contributed by atoms with E-state index in [4.69, 9.17) is 0 Å². The van der Waals surface area contributed by atoms with Crippen molar-refractivity contribution in [3.63, 3.8) is 0 Å². The molecule has 1 heterocycles. The highest BCUT2D eigenvalue weighted by molar-refractivity contribution is 6.01. The molecular weight excluding hydrogens is 268 g/mol. The first-order valence-corrected chi connectivity index (χ1v) is 7.31. The van der Waals surface area contributed by atoms with Crippen LogP contribution in [0.25, 0.3) is 11.0 Å². The van der Waals surface area contributed by atoms with Crippen LogP contribution >= 0.6 is 0 Å². The van der Waals surface area contributed by atoms with Gasteiger partial charge in [0.05, 0.1) is 17.7 Å². The minimum Gasteiger partial charge on any atom is -0.478 e. The van der Waals surface area contributed by atoms with Gasteiger partial charge in [-0.1, -0.05) is 19.9 Å². The number of carboxylic acids is 1. The van der Waals surface area contributed by atoms with Gasteiger partial charge in [0.2, 0.25) is 0 Å². The van der Waals surface area contributed by atoms with Crippen molar-refractivity contribution in [2.75, 3.05) is 6.61 Å². The Morgan fingerprint density at radius 2 is 2.14 bits per heavy atom. The Balaban J connectivity index is 2.18. The molecule has 5 nitrogen and oxygen atoms in total. The average molecular weight is 288 g/mol. The molecule has 2 aromatic rings. The average Bonchev–Trinajstić information content (AvgIpc) is 3.13. The van der Waals surface area contributed by atoms with Crippen LogP contribution in [0.5, 0.6) is 0 Å². The van der Waals surface area contributed by atoms with Crippen LogP contribution in [0.1, 0.15) is 48.8 Å². The number of carbonyl (C=O) groups is 1. The summed E-state index contributed by atoms with van der Waals surface area (Å²) in [6.07, 6.45) is 2.03. The first kappa shape index (κ1) is 14.1. The molecule has 0 unspecified atom stereocenters. The summed E-state index contributed by atoms with van der Waals surface area (Å²) in [7, 11) is 0. The van der Waals surface area contributed by atoms with E-state index in [0.29, 0.717) is 12.1 Å². The minimum absolute atomic E-state index is 0.0451. The number of aromatic nitrogens is 2.